The number of rotatable bonds is 4. The number of hydrogen-bond donors (Lipinski definition) is 1. The van der Waals surface area contributed by atoms with Crippen LogP contribution in [0.4, 0.5) is 0 Å². The van der Waals surface area contributed by atoms with Crippen molar-refractivity contribution in [2.45, 2.75) is 58.6 Å². The fourth-order valence-electron chi connectivity index (χ4n) is 2.95. The second-order valence-electron chi connectivity index (χ2n) is 5.42. The van der Waals surface area contributed by atoms with E-state index in [-0.39, 0.29) is 6.10 Å². The smallest absolute Gasteiger partial charge is 0.0555 e. The molecule has 1 fully saturated rings. The number of hydrogen-bond acceptors (Lipinski definition) is 2. The van der Waals surface area contributed by atoms with Gasteiger partial charge in [0.2, 0.25) is 0 Å². The van der Waals surface area contributed by atoms with Gasteiger partial charge in [-0.1, -0.05) is 20.8 Å². The molecule has 0 aromatic carbocycles. The Bertz CT molecular complexity index is 181. The van der Waals surface area contributed by atoms with E-state index in [4.69, 9.17) is 0 Å². The summed E-state index contributed by atoms with van der Waals surface area (Å²) >= 11 is 0. The third-order valence-electron chi connectivity index (χ3n) is 3.84. The molecule has 3 atom stereocenters. The summed E-state index contributed by atoms with van der Waals surface area (Å²) in [6.07, 6.45) is 4.30. The van der Waals surface area contributed by atoms with Crippen LogP contribution in [0.3, 0.4) is 0 Å². The Balaban J connectivity index is 2.61. The van der Waals surface area contributed by atoms with Crippen LogP contribution >= 0.6 is 0 Å². The minimum absolute atomic E-state index is 0.0655. The van der Waals surface area contributed by atoms with E-state index in [1.807, 2.05) is 0 Å². The van der Waals surface area contributed by atoms with Gasteiger partial charge in [-0.05, 0) is 51.1 Å². The first-order valence-electron chi connectivity index (χ1n) is 6.44. The van der Waals surface area contributed by atoms with Gasteiger partial charge in [0.15, 0.2) is 0 Å². The van der Waals surface area contributed by atoms with Crippen molar-refractivity contribution in [3.63, 3.8) is 0 Å². The molecule has 0 aliphatic heterocycles. The van der Waals surface area contributed by atoms with Crippen LogP contribution in [-0.4, -0.2) is 35.7 Å². The van der Waals surface area contributed by atoms with Crippen LogP contribution in [-0.2, 0) is 0 Å². The first-order chi connectivity index (χ1) is 7.06. The molecule has 15 heavy (non-hydrogen) atoms. The summed E-state index contributed by atoms with van der Waals surface area (Å²) in [6.45, 7) is 8.01. The third kappa shape index (κ3) is 3.46. The molecule has 2 heteroatoms. The summed E-state index contributed by atoms with van der Waals surface area (Å²) in [5.41, 5.74) is 0. The van der Waals surface area contributed by atoms with Crippen LogP contribution in [0.1, 0.15) is 46.5 Å². The normalized spacial score (nSPS) is 32.6. The summed E-state index contributed by atoms with van der Waals surface area (Å²) in [4.78, 5) is 2.45. The molecule has 0 radical (unpaired) electrons. The van der Waals surface area contributed by atoms with Crippen molar-refractivity contribution >= 4 is 0 Å². The van der Waals surface area contributed by atoms with E-state index in [9.17, 15) is 5.11 Å². The van der Waals surface area contributed by atoms with E-state index < -0.39 is 0 Å². The second kappa shape index (κ2) is 5.86. The lowest BCUT2D eigenvalue weighted by atomic mass is 9.76. The highest BCUT2D eigenvalue weighted by Gasteiger charge is 2.33. The van der Waals surface area contributed by atoms with E-state index in [2.05, 4.69) is 32.7 Å². The lowest BCUT2D eigenvalue weighted by Gasteiger charge is -2.41. The zero-order valence-electron chi connectivity index (χ0n) is 10.7. The third-order valence-corrected chi connectivity index (χ3v) is 3.84. The average Bonchev–Trinajstić information content (AvgIpc) is 2.17. The van der Waals surface area contributed by atoms with Crippen molar-refractivity contribution in [2.75, 3.05) is 13.6 Å². The molecule has 2 nitrogen and oxygen atoms in total. The van der Waals surface area contributed by atoms with Gasteiger partial charge in [-0.2, -0.15) is 0 Å². The monoisotopic (exact) mass is 213 g/mol. The van der Waals surface area contributed by atoms with Crippen LogP contribution in [0, 0.1) is 11.8 Å². The van der Waals surface area contributed by atoms with Crippen molar-refractivity contribution < 1.29 is 5.11 Å². The SMILES string of the molecule is CCCN(C)C1CC(O)CCC1C(C)C. The highest BCUT2D eigenvalue weighted by Crippen LogP contribution is 2.33. The lowest BCUT2D eigenvalue weighted by molar-refractivity contribution is 0.0223. The summed E-state index contributed by atoms with van der Waals surface area (Å²) in [5.74, 6) is 1.51. The summed E-state index contributed by atoms with van der Waals surface area (Å²) in [6, 6.07) is 0.591. The average molecular weight is 213 g/mol. The quantitative estimate of drug-likeness (QED) is 0.775. The van der Waals surface area contributed by atoms with E-state index in [1.54, 1.807) is 0 Å². The van der Waals surface area contributed by atoms with E-state index in [0.717, 1.165) is 31.2 Å². The molecule has 0 aromatic rings. The van der Waals surface area contributed by atoms with Crippen molar-refractivity contribution in [3.8, 4) is 0 Å². The highest BCUT2D eigenvalue weighted by atomic mass is 16.3. The molecule has 0 heterocycles. The standard InChI is InChI=1S/C13H27NO/c1-5-8-14(4)13-9-11(15)6-7-12(13)10(2)3/h10-13,15H,5-9H2,1-4H3. The molecular weight excluding hydrogens is 186 g/mol. The van der Waals surface area contributed by atoms with E-state index in [1.165, 1.54) is 12.8 Å². The predicted molar refractivity (Wildman–Crippen MR) is 64.9 cm³/mol. The molecule has 0 aromatic heterocycles. The molecule has 0 spiro atoms. The topological polar surface area (TPSA) is 23.5 Å². The Hall–Kier alpha value is -0.0800. The Morgan fingerprint density at radius 2 is 2.00 bits per heavy atom. The highest BCUT2D eigenvalue weighted by molar-refractivity contribution is 4.87. The molecule has 0 bridgehead atoms. The Kier molecular flexibility index (Phi) is 5.07. The maximum atomic E-state index is 9.77. The van der Waals surface area contributed by atoms with Crippen LogP contribution in [0.5, 0.6) is 0 Å². The first-order valence-corrected chi connectivity index (χ1v) is 6.44. The van der Waals surface area contributed by atoms with Crippen LogP contribution in [0.2, 0.25) is 0 Å². The molecule has 0 saturated heterocycles. The second-order valence-corrected chi connectivity index (χ2v) is 5.42. The van der Waals surface area contributed by atoms with Gasteiger partial charge in [0.1, 0.15) is 0 Å². The van der Waals surface area contributed by atoms with Gasteiger partial charge in [0.05, 0.1) is 6.10 Å². The van der Waals surface area contributed by atoms with Gasteiger partial charge in [-0.3, -0.25) is 0 Å². The number of aliphatic hydroxyl groups excluding tert-OH is 1. The van der Waals surface area contributed by atoms with Crippen LogP contribution in [0.25, 0.3) is 0 Å². The lowest BCUT2D eigenvalue weighted by Crippen LogP contribution is -2.45. The zero-order valence-corrected chi connectivity index (χ0v) is 10.7. The zero-order chi connectivity index (χ0) is 11.4. The molecule has 1 aliphatic rings. The molecule has 1 saturated carbocycles. The van der Waals surface area contributed by atoms with Crippen molar-refractivity contribution in [1.82, 2.24) is 4.90 Å². The van der Waals surface area contributed by atoms with Crippen molar-refractivity contribution in [3.05, 3.63) is 0 Å². The van der Waals surface area contributed by atoms with Gasteiger partial charge in [0.25, 0.3) is 0 Å². The Labute approximate surface area is 94.7 Å². The first kappa shape index (κ1) is 13.0. The van der Waals surface area contributed by atoms with E-state index >= 15 is 0 Å². The van der Waals surface area contributed by atoms with Crippen molar-refractivity contribution in [1.29, 1.82) is 0 Å². The Morgan fingerprint density at radius 3 is 2.53 bits per heavy atom. The fourth-order valence-corrected chi connectivity index (χ4v) is 2.95. The summed E-state index contributed by atoms with van der Waals surface area (Å²) in [7, 11) is 2.21. The summed E-state index contributed by atoms with van der Waals surface area (Å²) < 4.78 is 0. The largest absolute Gasteiger partial charge is 0.393 e. The maximum Gasteiger partial charge on any atom is 0.0555 e. The molecule has 1 rings (SSSR count). The molecule has 0 amide bonds. The maximum absolute atomic E-state index is 9.77. The van der Waals surface area contributed by atoms with E-state index in [0.29, 0.717) is 6.04 Å². The Morgan fingerprint density at radius 1 is 1.33 bits per heavy atom. The number of aliphatic hydroxyl groups is 1. The van der Waals surface area contributed by atoms with Gasteiger partial charge in [0, 0.05) is 6.04 Å². The minimum atomic E-state index is -0.0655. The van der Waals surface area contributed by atoms with Crippen molar-refractivity contribution in [2.24, 2.45) is 11.8 Å². The van der Waals surface area contributed by atoms with Gasteiger partial charge in [-0.15, -0.1) is 0 Å². The summed E-state index contributed by atoms with van der Waals surface area (Å²) in [5, 5.41) is 9.77. The van der Waals surface area contributed by atoms with Crippen LogP contribution in [0.15, 0.2) is 0 Å². The molecular formula is C13H27NO. The van der Waals surface area contributed by atoms with Gasteiger partial charge >= 0.3 is 0 Å². The molecule has 1 aliphatic carbocycles. The number of nitrogens with zero attached hydrogens (tertiary/aromatic N) is 1. The minimum Gasteiger partial charge on any atom is -0.393 e. The van der Waals surface area contributed by atoms with Crippen LogP contribution < -0.4 is 0 Å². The molecule has 1 N–H and O–H groups in total. The molecule has 90 valence electrons. The predicted octanol–water partition coefficient (Wildman–Crippen LogP) is 2.51. The van der Waals surface area contributed by atoms with Gasteiger partial charge < -0.3 is 10.0 Å². The molecule has 3 unspecified atom stereocenters. The van der Waals surface area contributed by atoms with Gasteiger partial charge in [-0.25, -0.2) is 0 Å². The fraction of sp³-hybridized carbons (Fsp3) is 1.00.